The van der Waals surface area contributed by atoms with E-state index in [4.69, 9.17) is 0 Å². The number of unbranched alkanes of at least 4 members (excludes halogenated alkanes) is 2. The van der Waals surface area contributed by atoms with Gasteiger partial charge in [0.1, 0.15) is 6.67 Å². The molecule has 1 aromatic heterocycles. The summed E-state index contributed by atoms with van der Waals surface area (Å²) in [4.78, 5) is 25.9. The van der Waals surface area contributed by atoms with Gasteiger partial charge in [-0.15, -0.1) is 0 Å². The van der Waals surface area contributed by atoms with Gasteiger partial charge in [-0.1, -0.05) is 24.3 Å². The number of nitrogens with zero attached hydrogens (tertiary/aromatic N) is 4. The number of rotatable bonds is 11. The Kier molecular flexibility index (Phi) is 8.83. The van der Waals surface area contributed by atoms with E-state index in [2.05, 4.69) is 59.2 Å². The standard InChI is InChI=1S/C26H34N4O/c1-22-10-6-11-23(2)26(22)30(19-5-3-4-17-29-18-9-16-28-21-29)25(31)14-7-12-24-13-8-15-27-20-24/h6,8-11,13,15-16,18,20H,3-5,7,12,14,17,19,21H2,1-2H3. The van der Waals surface area contributed by atoms with Crippen LogP contribution in [0.1, 0.15) is 48.8 Å². The second-order valence-electron chi connectivity index (χ2n) is 8.19. The van der Waals surface area contributed by atoms with Crippen LogP contribution in [-0.2, 0) is 11.2 Å². The van der Waals surface area contributed by atoms with Crippen molar-refractivity contribution in [1.29, 1.82) is 0 Å². The summed E-state index contributed by atoms with van der Waals surface area (Å²) in [7, 11) is 0. The molecule has 0 atom stereocenters. The minimum absolute atomic E-state index is 0.217. The number of carbonyl (C=O) groups is 1. The first kappa shape index (κ1) is 22.7. The van der Waals surface area contributed by atoms with Crippen molar-refractivity contribution in [2.75, 3.05) is 24.7 Å². The van der Waals surface area contributed by atoms with Gasteiger partial charge in [-0.3, -0.25) is 14.8 Å². The van der Waals surface area contributed by atoms with Crippen LogP contribution < -0.4 is 4.90 Å². The smallest absolute Gasteiger partial charge is 0.227 e. The fraction of sp³-hybridized carbons (Fsp3) is 0.423. The lowest BCUT2D eigenvalue weighted by Crippen LogP contribution is -2.33. The van der Waals surface area contributed by atoms with Crippen molar-refractivity contribution >= 4 is 17.8 Å². The molecule has 5 nitrogen and oxygen atoms in total. The lowest BCUT2D eigenvalue weighted by atomic mass is 10.1. The van der Waals surface area contributed by atoms with Crippen molar-refractivity contribution in [3.05, 3.63) is 71.7 Å². The molecule has 0 N–H and O–H groups in total. The van der Waals surface area contributed by atoms with Crippen molar-refractivity contribution in [2.24, 2.45) is 4.99 Å². The van der Waals surface area contributed by atoms with Gasteiger partial charge < -0.3 is 9.80 Å². The van der Waals surface area contributed by atoms with Crippen LogP contribution in [0.2, 0.25) is 0 Å². The number of anilines is 1. The highest BCUT2D eigenvalue weighted by molar-refractivity contribution is 5.94. The maximum atomic E-state index is 13.2. The van der Waals surface area contributed by atoms with Gasteiger partial charge in [-0.2, -0.15) is 0 Å². The first-order chi connectivity index (χ1) is 15.1. The van der Waals surface area contributed by atoms with E-state index in [0.29, 0.717) is 6.42 Å². The molecule has 1 aromatic carbocycles. The van der Waals surface area contributed by atoms with Crippen LogP contribution in [0.25, 0.3) is 0 Å². The van der Waals surface area contributed by atoms with Crippen molar-refractivity contribution in [3.8, 4) is 0 Å². The molecule has 2 heterocycles. The Morgan fingerprint density at radius 3 is 2.61 bits per heavy atom. The van der Waals surface area contributed by atoms with E-state index in [1.807, 2.05) is 29.5 Å². The number of benzene rings is 1. The highest BCUT2D eigenvalue weighted by atomic mass is 16.2. The quantitative estimate of drug-likeness (QED) is 0.478. The number of hydrogen-bond donors (Lipinski definition) is 0. The van der Waals surface area contributed by atoms with Crippen LogP contribution in [-0.4, -0.2) is 41.8 Å². The fourth-order valence-electron chi connectivity index (χ4n) is 4.04. The molecule has 0 aliphatic carbocycles. The van der Waals surface area contributed by atoms with Crippen molar-refractivity contribution in [3.63, 3.8) is 0 Å². The third-order valence-corrected chi connectivity index (χ3v) is 5.67. The normalized spacial score (nSPS) is 12.9. The number of aromatic nitrogens is 1. The van der Waals surface area contributed by atoms with Gasteiger partial charge in [-0.05, 0) is 74.8 Å². The van der Waals surface area contributed by atoms with E-state index >= 15 is 0 Å². The number of aryl methyl sites for hydroxylation is 3. The zero-order valence-corrected chi connectivity index (χ0v) is 18.8. The first-order valence-electron chi connectivity index (χ1n) is 11.3. The van der Waals surface area contributed by atoms with Gasteiger partial charge >= 0.3 is 0 Å². The Hall–Kier alpha value is -2.95. The molecule has 2 aromatic rings. The molecule has 0 bridgehead atoms. The Morgan fingerprint density at radius 2 is 1.90 bits per heavy atom. The third kappa shape index (κ3) is 7.06. The van der Waals surface area contributed by atoms with E-state index in [1.165, 1.54) is 5.56 Å². The number of aliphatic imine (C=N–C) groups is 1. The lowest BCUT2D eigenvalue weighted by Gasteiger charge is -2.27. The summed E-state index contributed by atoms with van der Waals surface area (Å²) >= 11 is 0. The zero-order valence-electron chi connectivity index (χ0n) is 18.8. The maximum Gasteiger partial charge on any atom is 0.227 e. The average molecular weight is 419 g/mol. The molecule has 0 spiro atoms. The van der Waals surface area contributed by atoms with Gasteiger partial charge in [0.05, 0.1) is 0 Å². The van der Waals surface area contributed by atoms with Crippen molar-refractivity contribution in [1.82, 2.24) is 9.88 Å². The Labute approximate surface area is 186 Å². The highest BCUT2D eigenvalue weighted by Gasteiger charge is 2.19. The molecule has 0 unspecified atom stereocenters. The summed E-state index contributed by atoms with van der Waals surface area (Å²) in [5.41, 5.74) is 4.60. The van der Waals surface area contributed by atoms with E-state index < -0.39 is 0 Å². The van der Waals surface area contributed by atoms with Crippen molar-refractivity contribution in [2.45, 2.75) is 52.4 Å². The van der Waals surface area contributed by atoms with Crippen LogP contribution in [0, 0.1) is 13.8 Å². The summed E-state index contributed by atoms with van der Waals surface area (Å²) in [6, 6.07) is 10.3. The molecule has 1 aliphatic heterocycles. The number of carbonyl (C=O) groups excluding carboxylic acids is 1. The summed E-state index contributed by atoms with van der Waals surface area (Å²) in [5.74, 6) is 0.217. The first-order valence-corrected chi connectivity index (χ1v) is 11.3. The minimum Gasteiger partial charge on any atom is -0.358 e. The molecule has 164 valence electrons. The van der Waals surface area contributed by atoms with Gasteiger partial charge in [0.15, 0.2) is 0 Å². The highest BCUT2D eigenvalue weighted by Crippen LogP contribution is 2.26. The predicted molar refractivity (Wildman–Crippen MR) is 129 cm³/mol. The van der Waals surface area contributed by atoms with Crippen LogP contribution in [0.4, 0.5) is 5.69 Å². The number of allylic oxidation sites excluding steroid dienone is 1. The summed E-state index contributed by atoms with van der Waals surface area (Å²) < 4.78 is 0. The lowest BCUT2D eigenvalue weighted by molar-refractivity contribution is -0.118. The maximum absolute atomic E-state index is 13.2. The molecule has 5 heteroatoms. The molecule has 0 saturated carbocycles. The molecular formula is C26H34N4O. The molecule has 0 saturated heterocycles. The average Bonchev–Trinajstić information content (AvgIpc) is 2.79. The van der Waals surface area contributed by atoms with E-state index in [1.54, 1.807) is 6.20 Å². The topological polar surface area (TPSA) is 48.8 Å². The summed E-state index contributed by atoms with van der Waals surface area (Å²) in [6.45, 7) is 6.73. The summed E-state index contributed by atoms with van der Waals surface area (Å²) in [6.07, 6.45) is 15.1. The van der Waals surface area contributed by atoms with Crippen LogP contribution in [0.15, 0.2) is 60.0 Å². The second-order valence-corrected chi connectivity index (χ2v) is 8.19. The monoisotopic (exact) mass is 418 g/mol. The zero-order chi connectivity index (χ0) is 21.9. The second kappa shape index (κ2) is 12.0. The summed E-state index contributed by atoms with van der Waals surface area (Å²) in [5, 5.41) is 0. The fourth-order valence-corrected chi connectivity index (χ4v) is 4.04. The number of pyridine rings is 1. The Morgan fingerprint density at radius 1 is 1.06 bits per heavy atom. The number of hydrogen-bond acceptors (Lipinski definition) is 4. The third-order valence-electron chi connectivity index (χ3n) is 5.67. The Bertz CT molecular complexity index is 871. The van der Waals surface area contributed by atoms with Crippen molar-refractivity contribution < 1.29 is 4.79 Å². The molecule has 0 radical (unpaired) electrons. The van der Waals surface area contributed by atoms with E-state index in [-0.39, 0.29) is 5.91 Å². The van der Waals surface area contributed by atoms with E-state index in [9.17, 15) is 4.79 Å². The van der Waals surface area contributed by atoms with Crippen LogP contribution >= 0.6 is 0 Å². The van der Waals surface area contributed by atoms with Gasteiger partial charge in [0.2, 0.25) is 5.91 Å². The van der Waals surface area contributed by atoms with Crippen LogP contribution in [0.3, 0.4) is 0 Å². The molecule has 1 aliphatic rings. The largest absolute Gasteiger partial charge is 0.358 e. The van der Waals surface area contributed by atoms with Gasteiger partial charge in [0, 0.05) is 50.0 Å². The van der Waals surface area contributed by atoms with E-state index in [0.717, 1.165) is 68.7 Å². The minimum atomic E-state index is 0.217. The number of amides is 1. The molecule has 1 amide bonds. The SMILES string of the molecule is Cc1cccc(C)c1N(CCCCCN1C=CC=NC1)C(=O)CCCc1cccnc1. The molecule has 31 heavy (non-hydrogen) atoms. The number of para-hydroxylation sites is 1. The van der Waals surface area contributed by atoms with Crippen LogP contribution in [0.5, 0.6) is 0 Å². The molecule has 0 fully saturated rings. The van der Waals surface area contributed by atoms with Gasteiger partial charge in [0.25, 0.3) is 0 Å². The Balaban J connectivity index is 1.55. The predicted octanol–water partition coefficient (Wildman–Crippen LogP) is 5.08. The van der Waals surface area contributed by atoms with Gasteiger partial charge in [-0.25, -0.2) is 0 Å². The molecule has 3 rings (SSSR count). The molecular weight excluding hydrogens is 384 g/mol.